The summed E-state index contributed by atoms with van der Waals surface area (Å²) in [5.74, 6) is 2.50. The molecule has 1 aliphatic carbocycles. The maximum Gasteiger partial charge on any atom is 0.226 e. The molecule has 2 heterocycles. The lowest BCUT2D eigenvalue weighted by Crippen LogP contribution is -2.31. The lowest BCUT2D eigenvalue weighted by Gasteiger charge is -2.32. The molecule has 5 heteroatoms. The van der Waals surface area contributed by atoms with Gasteiger partial charge in [-0.25, -0.2) is 4.98 Å². The molecule has 1 aliphatic rings. The zero-order chi connectivity index (χ0) is 14.1. The molecule has 1 atom stereocenters. The molecule has 1 unspecified atom stereocenters. The summed E-state index contributed by atoms with van der Waals surface area (Å²) >= 11 is 1.73. The molecule has 0 radical (unpaired) electrons. The summed E-state index contributed by atoms with van der Waals surface area (Å²) < 4.78 is 0. The van der Waals surface area contributed by atoms with Crippen molar-refractivity contribution in [3.63, 3.8) is 0 Å². The van der Waals surface area contributed by atoms with Crippen LogP contribution < -0.4 is 10.6 Å². The Balaban J connectivity index is 1.93. The number of nitrogens with zero attached hydrogens (tertiary/aromatic N) is 2. The van der Waals surface area contributed by atoms with Crippen LogP contribution in [0.2, 0.25) is 0 Å². The van der Waals surface area contributed by atoms with E-state index < -0.39 is 0 Å². The van der Waals surface area contributed by atoms with Gasteiger partial charge in [-0.1, -0.05) is 6.42 Å². The van der Waals surface area contributed by atoms with E-state index in [1.807, 2.05) is 0 Å². The molecule has 2 aromatic heterocycles. The van der Waals surface area contributed by atoms with E-state index in [9.17, 15) is 0 Å². The molecular formula is C15H22N4S. The third kappa shape index (κ3) is 2.59. The van der Waals surface area contributed by atoms with Crippen molar-refractivity contribution in [3.05, 3.63) is 10.9 Å². The maximum atomic E-state index is 4.66. The molecule has 108 valence electrons. The largest absolute Gasteiger partial charge is 0.367 e. The summed E-state index contributed by atoms with van der Waals surface area (Å²) in [5.41, 5.74) is 0. The van der Waals surface area contributed by atoms with Crippen LogP contribution in [-0.4, -0.2) is 22.6 Å². The second-order valence-electron chi connectivity index (χ2n) is 5.63. The minimum atomic E-state index is 0.483. The minimum Gasteiger partial charge on any atom is -0.367 e. The molecule has 0 spiro atoms. The molecule has 0 aromatic carbocycles. The molecule has 0 aliphatic heterocycles. The highest BCUT2D eigenvalue weighted by Gasteiger charge is 2.24. The van der Waals surface area contributed by atoms with E-state index in [0.717, 1.165) is 34.4 Å². The monoisotopic (exact) mass is 290 g/mol. The number of hydrogen-bond acceptors (Lipinski definition) is 5. The maximum absolute atomic E-state index is 4.66. The van der Waals surface area contributed by atoms with Crippen LogP contribution >= 0.6 is 11.3 Å². The van der Waals surface area contributed by atoms with Gasteiger partial charge in [0.15, 0.2) is 0 Å². The average Bonchev–Trinajstić information content (AvgIpc) is 2.67. The van der Waals surface area contributed by atoms with Gasteiger partial charge < -0.3 is 10.6 Å². The number of thiophene rings is 1. The van der Waals surface area contributed by atoms with Crippen molar-refractivity contribution in [3.8, 4) is 0 Å². The number of aromatic nitrogens is 2. The van der Waals surface area contributed by atoms with Crippen LogP contribution in [-0.2, 0) is 0 Å². The third-order valence-electron chi connectivity index (χ3n) is 4.07. The quantitative estimate of drug-likeness (QED) is 0.873. The van der Waals surface area contributed by atoms with Gasteiger partial charge in [0.25, 0.3) is 0 Å². The first-order chi connectivity index (χ1) is 9.67. The summed E-state index contributed by atoms with van der Waals surface area (Å²) in [7, 11) is 0. The lowest BCUT2D eigenvalue weighted by atomic mass is 9.80. The van der Waals surface area contributed by atoms with E-state index in [4.69, 9.17) is 0 Å². The van der Waals surface area contributed by atoms with Crippen LogP contribution in [0.25, 0.3) is 10.2 Å². The molecular weight excluding hydrogens is 268 g/mol. The van der Waals surface area contributed by atoms with Gasteiger partial charge in [-0.3, -0.25) is 0 Å². The van der Waals surface area contributed by atoms with Gasteiger partial charge in [-0.15, -0.1) is 11.3 Å². The van der Waals surface area contributed by atoms with E-state index in [1.54, 1.807) is 11.3 Å². The van der Waals surface area contributed by atoms with Crippen molar-refractivity contribution in [1.29, 1.82) is 0 Å². The van der Waals surface area contributed by atoms with E-state index in [0.29, 0.717) is 6.04 Å². The number of aryl methyl sites for hydroxylation is 1. The van der Waals surface area contributed by atoms with Crippen molar-refractivity contribution in [2.45, 2.75) is 46.1 Å². The Morgan fingerprint density at radius 3 is 2.85 bits per heavy atom. The number of rotatable bonds is 5. The molecule has 0 bridgehead atoms. The summed E-state index contributed by atoms with van der Waals surface area (Å²) in [6.45, 7) is 7.30. The van der Waals surface area contributed by atoms with Crippen LogP contribution in [0.15, 0.2) is 6.07 Å². The van der Waals surface area contributed by atoms with Crippen LogP contribution in [0.3, 0.4) is 0 Å². The number of anilines is 2. The van der Waals surface area contributed by atoms with Gasteiger partial charge in [-0.2, -0.15) is 4.98 Å². The SMILES string of the molecule is CCNc1nc(NC(C)C2CCC2)c2cc(C)sc2n1. The van der Waals surface area contributed by atoms with E-state index in [2.05, 4.69) is 47.4 Å². The summed E-state index contributed by atoms with van der Waals surface area (Å²) in [5, 5.41) is 7.99. The summed E-state index contributed by atoms with van der Waals surface area (Å²) in [4.78, 5) is 11.6. The second-order valence-corrected chi connectivity index (χ2v) is 6.86. The fraction of sp³-hybridized carbons (Fsp3) is 0.600. The fourth-order valence-corrected chi connectivity index (χ4v) is 3.54. The molecule has 20 heavy (non-hydrogen) atoms. The van der Waals surface area contributed by atoms with Crippen molar-refractivity contribution in [1.82, 2.24) is 9.97 Å². The highest BCUT2D eigenvalue weighted by molar-refractivity contribution is 7.18. The average molecular weight is 290 g/mol. The Morgan fingerprint density at radius 2 is 2.20 bits per heavy atom. The lowest BCUT2D eigenvalue weighted by molar-refractivity contribution is 0.285. The predicted molar refractivity (Wildman–Crippen MR) is 86.7 cm³/mol. The Kier molecular flexibility index (Phi) is 3.78. The van der Waals surface area contributed by atoms with Crippen molar-refractivity contribution in [2.75, 3.05) is 17.2 Å². The number of nitrogens with one attached hydrogen (secondary N) is 2. The van der Waals surface area contributed by atoms with Crippen LogP contribution in [0.4, 0.5) is 11.8 Å². The summed E-state index contributed by atoms with van der Waals surface area (Å²) in [6.07, 6.45) is 4.05. The first-order valence-corrected chi connectivity index (χ1v) is 8.27. The molecule has 0 saturated heterocycles. The van der Waals surface area contributed by atoms with Crippen LogP contribution in [0, 0.1) is 12.8 Å². The van der Waals surface area contributed by atoms with E-state index in [1.165, 1.54) is 24.1 Å². The fourth-order valence-electron chi connectivity index (χ4n) is 2.66. The standard InChI is InChI=1S/C15H22N4S/c1-4-16-15-18-13(17-10(3)11-6-5-7-11)12-8-9(2)20-14(12)19-15/h8,10-11H,4-7H2,1-3H3,(H2,16,17,18,19). The normalized spacial score (nSPS) is 16.9. The van der Waals surface area contributed by atoms with Crippen LogP contribution in [0.1, 0.15) is 38.0 Å². The van der Waals surface area contributed by atoms with Crippen LogP contribution in [0.5, 0.6) is 0 Å². The second kappa shape index (κ2) is 5.56. The zero-order valence-corrected chi connectivity index (χ0v) is 13.2. The highest BCUT2D eigenvalue weighted by atomic mass is 32.1. The summed E-state index contributed by atoms with van der Waals surface area (Å²) in [6, 6.07) is 2.67. The van der Waals surface area contributed by atoms with Crippen molar-refractivity contribution >= 4 is 33.3 Å². The minimum absolute atomic E-state index is 0.483. The van der Waals surface area contributed by atoms with Crippen molar-refractivity contribution < 1.29 is 0 Å². The van der Waals surface area contributed by atoms with Gasteiger partial charge in [0.1, 0.15) is 10.6 Å². The predicted octanol–water partition coefficient (Wildman–Crippen LogP) is 4.03. The molecule has 2 aromatic rings. The first kappa shape index (κ1) is 13.6. The molecule has 4 nitrogen and oxygen atoms in total. The molecule has 1 fully saturated rings. The third-order valence-corrected chi connectivity index (χ3v) is 5.02. The Bertz CT molecular complexity index is 603. The molecule has 2 N–H and O–H groups in total. The Morgan fingerprint density at radius 1 is 1.40 bits per heavy atom. The van der Waals surface area contributed by atoms with Gasteiger partial charge in [0, 0.05) is 17.5 Å². The zero-order valence-electron chi connectivity index (χ0n) is 12.4. The van der Waals surface area contributed by atoms with Gasteiger partial charge in [0.05, 0.1) is 5.39 Å². The molecule has 0 amide bonds. The van der Waals surface area contributed by atoms with E-state index >= 15 is 0 Å². The smallest absolute Gasteiger partial charge is 0.226 e. The molecule has 3 rings (SSSR count). The topological polar surface area (TPSA) is 49.8 Å². The highest BCUT2D eigenvalue weighted by Crippen LogP contribution is 2.34. The first-order valence-electron chi connectivity index (χ1n) is 7.46. The van der Waals surface area contributed by atoms with E-state index in [-0.39, 0.29) is 0 Å². The number of fused-ring (bicyclic) bond motifs is 1. The van der Waals surface area contributed by atoms with Gasteiger partial charge in [-0.05, 0) is 45.6 Å². The van der Waals surface area contributed by atoms with Crippen molar-refractivity contribution in [2.24, 2.45) is 5.92 Å². The van der Waals surface area contributed by atoms with Gasteiger partial charge in [0.2, 0.25) is 5.95 Å². The Hall–Kier alpha value is -1.36. The number of hydrogen-bond donors (Lipinski definition) is 2. The molecule has 1 saturated carbocycles. The Labute approximate surface area is 124 Å². The van der Waals surface area contributed by atoms with Gasteiger partial charge >= 0.3 is 0 Å².